The van der Waals surface area contributed by atoms with Crippen molar-refractivity contribution < 1.29 is 0 Å². The van der Waals surface area contributed by atoms with Crippen LogP contribution in [0.4, 0.5) is 0 Å². The van der Waals surface area contributed by atoms with Crippen molar-refractivity contribution in [2.75, 3.05) is 33.7 Å². The maximum absolute atomic E-state index is 8.58. The SMILES string of the molecule is CN(CC(Cl)C#N)CC1CCCN1C. The van der Waals surface area contributed by atoms with E-state index >= 15 is 0 Å². The third kappa shape index (κ3) is 3.45. The largest absolute Gasteiger partial charge is 0.302 e. The van der Waals surface area contributed by atoms with Gasteiger partial charge in [-0.1, -0.05) is 0 Å². The van der Waals surface area contributed by atoms with Gasteiger partial charge >= 0.3 is 0 Å². The molecule has 0 aliphatic carbocycles. The van der Waals surface area contributed by atoms with Crippen molar-refractivity contribution in [2.24, 2.45) is 0 Å². The average molecular weight is 216 g/mol. The second kappa shape index (κ2) is 5.55. The Kier molecular flexibility index (Phi) is 4.67. The molecule has 14 heavy (non-hydrogen) atoms. The summed E-state index contributed by atoms with van der Waals surface area (Å²) in [6.07, 6.45) is 2.55. The Morgan fingerprint density at radius 3 is 2.93 bits per heavy atom. The van der Waals surface area contributed by atoms with E-state index in [1.165, 1.54) is 19.4 Å². The zero-order valence-electron chi connectivity index (χ0n) is 8.91. The number of hydrogen-bond acceptors (Lipinski definition) is 3. The first kappa shape index (κ1) is 11.8. The first-order chi connectivity index (χ1) is 6.63. The number of likely N-dealkylation sites (tertiary alicyclic amines) is 1. The van der Waals surface area contributed by atoms with Crippen LogP contribution in [0.1, 0.15) is 12.8 Å². The Morgan fingerprint density at radius 2 is 2.43 bits per heavy atom. The second-order valence-electron chi connectivity index (χ2n) is 4.09. The Hall–Kier alpha value is -0.300. The van der Waals surface area contributed by atoms with Crippen LogP contribution in [0, 0.1) is 11.3 Å². The third-order valence-corrected chi connectivity index (χ3v) is 3.04. The van der Waals surface area contributed by atoms with Gasteiger partial charge in [0.05, 0.1) is 6.07 Å². The van der Waals surface area contributed by atoms with Crippen LogP contribution in [0.3, 0.4) is 0 Å². The Labute approximate surface area is 91.2 Å². The highest BCUT2D eigenvalue weighted by Crippen LogP contribution is 2.15. The summed E-state index contributed by atoms with van der Waals surface area (Å²) < 4.78 is 0. The van der Waals surface area contributed by atoms with Crippen molar-refractivity contribution >= 4 is 11.6 Å². The molecule has 2 unspecified atom stereocenters. The molecule has 0 aromatic carbocycles. The number of nitrogens with zero attached hydrogens (tertiary/aromatic N) is 3. The van der Waals surface area contributed by atoms with Gasteiger partial charge in [0.25, 0.3) is 0 Å². The van der Waals surface area contributed by atoms with Crippen molar-refractivity contribution in [3.8, 4) is 6.07 Å². The van der Waals surface area contributed by atoms with E-state index in [0.29, 0.717) is 12.6 Å². The molecule has 0 spiro atoms. The van der Waals surface area contributed by atoms with E-state index in [9.17, 15) is 0 Å². The Balaban J connectivity index is 2.26. The van der Waals surface area contributed by atoms with Crippen LogP contribution in [0.15, 0.2) is 0 Å². The molecule has 3 nitrogen and oxygen atoms in total. The average Bonchev–Trinajstić information content (AvgIpc) is 2.51. The fourth-order valence-electron chi connectivity index (χ4n) is 1.96. The zero-order chi connectivity index (χ0) is 10.6. The van der Waals surface area contributed by atoms with Crippen molar-refractivity contribution in [3.63, 3.8) is 0 Å². The topological polar surface area (TPSA) is 30.3 Å². The van der Waals surface area contributed by atoms with Crippen LogP contribution < -0.4 is 0 Å². The summed E-state index contributed by atoms with van der Waals surface area (Å²) in [6, 6.07) is 2.68. The minimum Gasteiger partial charge on any atom is -0.302 e. The molecule has 0 amide bonds. The Morgan fingerprint density at radius 1 is 1.71 bits per heavy atom. The number of rotatable bonds is 4. The van der Waals surface area contributed by atoms with Crippen LogP contribution in [-0.4, -0.2) is 54.9 Å². The van der Waals surface area contributed by atoms with Crippen LogP contribution in [0.2, 0.25) is 0 Å². The van der Waals surface area contributed by atoms with Crippen LogP contribution >= 0.6 is 11.6 Å². The summed E-state index contributed by atoms with van der Waals surface area (Å²) in [7, 11) is 4.19. The standard InChI is InChI=1S/C10H18ClN3/c1-13(7-9(11)6-12)8-10-4-3-5-14(10)2/h9-10H,3-5,7-8H2,1-2H3. The first-order valence-electron chi connectivity index (χ1n) is 5.06. The van der Waals surface area contributed by atoms with E-state index < -0.39 is 0 Å². The van der Waals surface area contributed by atoms with E-state index in [2.05, 4.69) is 16.8 Å². The summed E-state index contributed by atoms with van der Waals surface area (Å²) in [5, 5.41) is 8.19. The number of likely N-dealkylation sites (N-methyl/N-ethyl adjacent to an activating group) is 2. The van der Waals surface area contributed by atoms with Gasteiger partial charge in [0, 0.05) is 19.1 Å². The quantitative estimate of drug-likeness (QED) is 0.659. The van der Waals surface area contributed by atoms with Gasteiger partial charge < -0.3 is 9.80 Å². The van der Waals surface area contributed by atoms with Gasteiger partial charge in [-0.05, 0) is 33.5 Å². The molecule has 1 aliphatic rings. The monoisotopic (exact) mass is 215 g/mol. The fraction of sp³-hybridized carbons (Fsp3) is 0.900. The normalized spacial score (nSPS) is 25.2. The number of hydrogen-bond donors (Lipinski definition) is 0. The molecular formula is C10H18ClN3. The lowest BCUT2D eigenvalue weighted by molar-refractivity contribution is 0.223. The maximum atomic E-state index is 8.58. The summed E-state index contributed by atoms with van der Waals surface area (Å²) in [5.74, 6) is 0. The van der Waals surface area contributed by atoms with Crippen LogP contribution in [0.25, 0.3) is 0 Å². The molecule has 1 heterocycles. The zero-order valence-corrected chi connectivity index (χ0v) is 9.67. The highest BCUT2D eigenvalue weighted by molar-refractivity contribution is 6.22. The third-order valence-electron chi connectivity index (χ3n) is 2.81. The smallest absolute Gasteiger partial charge is 0.133 e. The van der Waals surface area contributed by atoms with Crippen molar-refractivity contribution in [1.82, 2.24) is 9.80 Å². The summed E-state index contributed by atoms with van der Waals surface area (Å²) in [4.78, 5) is 4.53. The van der Waals surface area contributed by atoms with Crippen LogP contribution in [-0.2, 0) is 0 Å². The number of alkyl halides is 1. The lowest BCUT2D eigenvalue weighted by atomic mass is 10.2. The molecular weight excluding hydrogens is 198 g/mol. The van der Waals surface area contributed by atoms with Crippen LogP contribution in [0.5, 0.6) is 0 Å². The van der Waals surface area contributed by atoms with Gasteiger partial charge in [-0.15, -0.1) is 11.6 Å². The molecule has 0 aromatic heterocycles. The molecule has 1 fully saturated rings. The molecule has 1 saturated heterocycles. The summed E-state index contributed by atoms with van der Waals surface area (Å²) >= 11 is 5.77. The molecule has 2 atom stereocenters. The van der Waals surface area contributed by atoms with E-state index in [1.54, 1.807) is 0 Å². The summed E-state index contributed by atoms with van der Waals surface area (Å²) in [6.45, 7) is 2.87. The van der Waals surface area contributed by atoms with Crippen molar-refractivity contribution in [1.29, 1.82) is 5.26 Å². The lowest BCUT2D eigenvalue weighted by Crippen LogP contribution is -2.38. The van der Waals surface area contributed by atoms with Gasteiger partial charge in [-0.25, -0.2) is 0 Å². The van der Waals surface area contributed by atoms with Gasteiger partial charge in [0.15, 0.2) is 0 Å². The predicted molar refractivity (Wildman–Crippen MR) is 58.4 cm³/mol. The summed E-state index contributed by atoms with van der Waals surface area (Å²) in [5.41, 5.74) is 0. The van der Waals surface area contributed by atoms with E-state index in [4.69, 9.17) is 16.9 Å². The van der Waals surface area contributed by atoms with Gasteiger partial charge in [-0.2, -0.15) is 5.26 Å². The molecule has 80 valence electrons. The molecule has 4 heteroatoms. The van der Waals surface area contributed by atoms with Gasteiger partial charge in [0.2, 0.25) is 0 Å². The number of halogens is 1. The van der Waals surface area contributed by atoms with Crippen molar-refractivity contribution in [3.05, 3.63) is 0 Å². The van der Waals surface area contributed by atoms with E-state index in [-0.39, 0.29) is 5.38 Å². The van der Waals surface area contributed by atoms with E-state index in [1.807, 2.05) is 13.1 Å². The van der Waals surface area contributed by atoms with Gasteiger partial charge in [0.1, 0.15) is 5.38 Å². The lowest BCUT2D eigenvalue weighted by Gasteiger charge is -2.25. The highest BCUT2D eigenvalue weighted by Gasteiger charge is 2.22. The second-order valence-corrected chi connectivity index (χ2v) is 4.62. The predicted octanol–water partition coefficient (Wildman–Crippen LogP) is 1.14. The molecule has 0 saturated carbocycles. The molecule has 0 aromatic rings. The van der Waals surface area contributed by atoms with Crippen molar-refractivity contribution in [2.45, 2.75) is 24.3 Å². The van der Waals surface area contributed by atoms with E-state index in [0.717, 1.165) is 6.54 Å². The Bertz CT molecular complexity index is 214. The minimum atomic E-state index is -0.383. The first-order valence-corrected chi connectivity index (χ1v) is 5.49. The molecule has 1 rings (SSSR count). The maximum Gasteiger partial charge on any atom is 0.133 e. The number of nitriles is 1. The molecule has 1 aliphatic heterocycles. The molecule has 0 bridgehead atoms. The molecule has 0 N–H and O–H groups in total. The van der Waals surface area contributed by atoms with Gasteiger partial charge in [-0.3, -0.25) is 0 Å². The fourth-order valence-corrected chi connectivity index (χ4v) is 2.19. The molecule has 0 radical (unpaired) electrons. The highest BCUT2D eigenvalue weighted by atomic mass is 35.5. The minimum absolute atomic E-state index is 0.383.